The van der Waals surface area contributed by atoms with E-state index < -0.39 is 11.8 Å². The van der Waals surface area contributed by atoms with Crippen LogP contribution in [-0.2, 0) is 14.4 Å². The summed E-state index contributed by atoms with van der Waals surface area (Å²) in [4.78, 5) is 35.7. The van der Waals surface area contributed by atoms with Gasteiger partial charge in [0, 0.05) is 16.2 Å². The number of benzene rings is 2. The molecule has 33 heavy (non-hydrogen) atoms. The van der Waals surface area contributed by atoms with Gasteiger partial charge >= 0.3 is 11.8 Å². The van der Waals surface area contributed by atoms with Crippen LogP contribution < -0.4 is 25.5 Å². The number of carbonyl (C=O) groups is 3. The highest BCUT2D eigenvalue weighted by Crippen LogP contribution is 2.27. The van der Waals surface area contributed by atoms with Gasteiger partial charge in [0.15, 0.2) is 18.1 Å². The third kappa shape index (κ3) is 8.23. The Kier molecular flexibility index (Phi) is 9.86. The second-order valence-corrected chi connectivity index (χ2v) is 8.10. The lowest BCUT2D eigenvalue weighted by molar-refractivity contribution is -0.139. The number of amides is 3. The van der Waals surface area contributed by atoms with Gasteiger partial charge in [0.05, 0.1) is 13.3 Å². The van der Waals surface area contributed by atoms with E-state index in [1.807, 2.05) is 26.0 Å². The topological polar surface area (TPSA) is 118 Å². The Balaban J connectivity index is 1.93. The molecule has 2 aromatic carbocycles. The minimum Gasteiger partial charge on any atom is -0.493 e. The molecule has 2 aromatic rings. The van der Waals surface area contributed by atoms with Crippen molar-refractivity contribution in [3.05, 3.63) is 52.0 Å². The molecule has 1 atom stereocenters. The molecule has 0 spiro atoms. The summed E-state index contributed by atoms with van der Waals surface area (Å²) in [7, 11) is 1.47. The molecule has 0 aliphatic heterocycles. The van der Waals surface area contributed by atoms with Gasteiger partial charge in [0.25, 0.3) is 5.91 Å². The highest BCUT2D eigenvalue weighted by Gasteiger charge is 2.14. The fourth-order valence-corrected chi connectivity index (χ4v) is 3.06. The van der Waals surface area contributed by atoms with E-state index in [4.69, 9.17) is 9.47 Å². The summed E-state index contributed by atoms with van der Waals surface area (Å²) in [5.74, 6) is -1.17. The van der Waals surface area contributed by atoms with Crippen LogP contribution in [0.1, 0.15) is 31.4 Å². The van der Waals surface area contributed by atoms with Crippen molar-refractivity contribution in [3.8, 4) is 11.5 Å². The van der Waals surface area contributed by atoms with Crippen LogP contribution in [0.4, 0.5) is 5.69 Å². The largest absolute Gasteiger partial charge is 0.493 e. The van der Waals surface area contributed by atoms with Crippen LogP contribution in [0.15, 0.2) is 46.0 Å². The number of hydrazone groups is 1. The van der Waals surface area contributed by atoms with Crippen molar-refractivity contribution in [2.75, 3.05) is 19.0 Å². The maximum atomic E-state index is 12.3. The third-order valence-electron chi connectivity index (χ3n) is 4.58. The van der Waals surface area contributed by atoms with Crippen molar-refractivity contribution in [1.29, 1.82) is 0 Å². The van der Waals surface area contributed by atoms with Crippen molar-refractivity contribution in [1.82, 2.24) is 10.7 Å². The summed E-state index contributed by atoms with van der Waals surface area (Å²) in [6.07, 6.45) is 2.08. The quantitative estimate of drug-likeness (QED) is 0.267. The lowest BCUT2D eigenvalue weighted by Crippen LogP contribution is -2.41. The van der Waals surface area contributed by atoms with Crippen molar-refractivity contribution in [3.63, 3.8) is 0 Å². The Bertz CT molecular complexity index is 1040. The predicted octanol–water partition coefficient (Wildman–Crippen LogP) is 3.15. The van der Waals surface area contributed by atoms with Gasteiger partial charge in [-0.05, 0) is 67.8 Å². The first-order chi connectivity index (χ1) is 15.7. The zero-order valence-corrected chi connectivity index (χ0v) is 20.5. The molecule has 0 bridgehead atoms. The number of hydrogen-bond acceptors (Lipinski definition) is 6. The number of halogens is 1. The first-order valence-electron chi connectivity index (χ1n) is 10.2. The summed E-state index contributed by atoms with van der Waals surface area (Å²) < 4.78 is 11.8. The summed E-state index contributed by atoms with van der Waals surface area (Å²) in [5.41, 5.74) is 4.39. The Hall–Kier alpha value is -3.40. The third-order valence-corrected chi connectivity index (χ3v) is 5.08. The molecule has 176 valence electrons. The van der Waals surface area contributed by atoms with E-state index in [2.05, 4.69) is 37.1 Å². The lowest BCUT2D eigenvalue weighted by atomic mass is 10.2. The van der Waals surface area contributed by atoms with Gasteiger partial charge < -0.3 is 20.1 Å². The molecule has 0 unspecified atom stereocenters. The zero-order chi connectivity index (χ0) is 24.4. The number of aryl methyl sites for hydroxylation is 1. The number of methoxy groups -OCH3 is 1. The fourth-order valence-electron chi connectivity index (χ4n) is 2.59. The summed E-state index contributed by atoms with van der Waals surface area (Å²) >= 11 is 3.39. The number of nitrogens with zero attached hydrogens (tertiary/aromatic N) is 1. The van der Waals surface area contributed by atoms with E-state index in [0.29, 0.717) is 29.2 Å². The number of rotatable bonds is 9. The van der Waals surface area contributed by atoms with Crippen molar-refractivity contribution in [2.24, 2.45) is 5.10 Å². The summed E-state index contributed by atoms with van der Waals surface area (Å²) in [6, 6.07) is 10.4. The molecule has 0 aliphatic rings. The number of nitrogens with one attached hydrogen (secondary N) is 3. The minimum atomic E-state index is -0.856. The molecule has 0 saturated carbocycles. The second kappa shape index (κ2) is 12.6. The Morgan fingerprint density at radius 1 is 1.12 bits per heavy atom. The van der Waals surface area contributed by atoms with Crippen LogP contribution in [0.3, 0.4) is 0 Å². The molecule has 0 heterocycles. The van der Waals surface area contributed by atoms with Gasteiger partial charge in [-0.25, -0.2) is 5.43 Å². The zero-order valence-electron chi connectivity index (χ0n) is 18.9. The molecule has 9 nitrogen and oxygen atoms in total. The maximum Gasteiger partial charge on any atom is 0.329 e. The van der Waals surface area contributed by atoms with E-state index in [1.165, 1.54) is 13.3 Å². The molecule has 3 N–H and O–H groups in total. The molecule has 2 rings (SSSR count). The van der Waals surface area contributed by atoms with Crippen LogP contribution in [0.25, 0.3) is 0 Å². The second-order valence-electron chi connectivity index (χ2n) is 7.19. The van der Waals surface area contributed by atoms with E-state index in [0.717, 1.165) is 10.0 Å². The van der Waals surface area contributed by atoms with E-state index >= 15 is 0 Å². The molecule has 0 saturated heterocycles. The molecule has 10 heteroatoms. The van der Waals surface area contributed by atoms with Crippen molar-refractivity contribution >= 4 is 45.6 Å². The number of anilines is 1. The van der Waals surface area contributed by atoms with Gasteiger partial charge in [-0.15, -0.1) is 0 Å². The Morgan fingerprint density at radius 3 is 2.55 bits per heavy atom. The molecule has 3 amide bonds. The Labute approximate surface area is 201 Å². The minimum absolute atomic E-state index is 0.106. The first-order valence-corrected chi connectivity index (χ1v) is 11.0. The molecule has 0 fully saturated rings. The number of carbonyl (C=O) groups excluding carboxylic acids is 3. The average molecular weight is 519 g/mol. The fraction of sp³-hybridized carbons (Fsp3) is 0.304. The molecule has 0 radical (unpaired) electrons. The summed E-state index contributed by atoms with van der Waals surface area (Å²) in [6.45, 7) is 5.39. The SMILES string of the molecule is CC[C@@H](C)NC(=O)C(=O)N/N=C\c1ccc(OCC(=O)Nc2ccc(Br)cc2C)c(OC)c1. The first kappa shape index (κ1) is 25.9. The number of ether oxygens (including phenoxy) is 2. The highest BCUT2D eigenvalue weighted by molar-refractivity contribution is 9.10. The van der Waals surface area contributed by atoms with Crippen LogP contribution in [-0.4, -0.2) is 43.7 Å². The molecular weight excluding hydrogens is 492 g/mol. The highest BCUT2D eigenvalue weighted by atomic mass is 79.9. The van der Waals surface area contributed by atoms with Crippen LogP contribution in [0.2, 0.25) is 0 Å². The number of hydrogen-bond donors (Lipinski definition) is 3. The van der Waals surface area contributed by atoms with Gasteiger partial charge in [-0.1, -0.05) is 22.9 Å². The molecule has 0 aromatic heterocycles. The van der Waals surface area contributed by atoms with Crippen LogP contribution >= 0.6 is 15.9 Å². The predicted molar refractivity (Wildman–Crippen MR) is 130 cm³/mol. The van der Waals surface area contributed by atoms with Crippen LogP contribution in [0.5, 0.6) is 11.5 Å². The van der Waals surface area contributed by atoms with Crippen molar-refractivity contribution in [2.45, 2.75) is 33.2 Å². The maximum absolute atomic E-state index is 12.3. The monoisotopic (exact) mass is 518 g/mol. The normalized spacial score (nSPS) is 11.5. The van der Waals surface area contributed by atoms with Gasteiger partial charge in [-0.3, -0.25) is 14.4 Å². The standard InChI is InChI=1S/C23H27BrN4O5/c1-5-15(3)26-22(30)23(31)28-25-12-16-6-9-19(20(11-16)32-4)33-13-21(29)27-18-8-7-17(24)10-14(18)2/h6-12,15H,5,13H2,1-4H3,(H,26,30)(H,27,29)(H,28,31)/b25-12-/t15-/m1/s1. The van der Waals surface area contributed by atoms with E-state index in [1.54, 1.807) is 31.2 Å². The van der Waals surface area contributed by atoms with Gasteiger partial charge in [0.1, 0.15) is 0 Å². The average Bonchev–Trinajstić information content (AvgIpc) is 2.79. The van der Waals surface area contributed by atoms with E-state index in [-0.39, 0.29) is 18.6 Å². The molecule has 0 aliphatic carbocycles. The summed E-state index contributed by atoms with van der Waals surface area (Å²) in [5, 5.41) is 9.14. The van der Waals surface area contributed by atoms with E-state index in [9.17, 15) is 14.4 Å². The lowest BCUT2D eigenvalue weighted by Gasteiger charge is -2.12. The Morgan fingerprint density at radius 2 is 1.88 bits per heavy atom. The smallest absolute Gasteiger partial charge is 0.329 e. The van der Waals surface area contributed by atoms with Crippen molar-refractivity contribution < 1.29 is 23.9 Å². The van der Waals surface area contributed by atoms with Gasteiger partial charge in [0.2, 0.25) is 0 Å². The molecular formula is C23H27BrN4O5. The van der Waals surface area contributed by atoms with Gasteiger partial charge in [-0.2, -0.15) is 5.10 Å². The van der Waals surface area contributed by atoms with Crippen LogP contribution in [0, 0.1) is 6.92 Å².